The third-order valence-corrected chi connectivity index (χ3v) is 4.08. The molecule has 118 valence electrons. The van der Waals surface area contributed by atoms with Crippen molar-refractivity contribution in [2.75, 3.05) is 26.2 Å². The van der Waals surface area contributed by atoms with Crippen molar-refractivity contribution < 1.29 is 9.59 Å². The predicted molar refractivity (Wildman–Crippen MR) is 87.2 cm³/mol. The average Bonchev–Trinajstić information content (AvgIpc) is 2.62. The van der Waals surface area contributed by atoms with Crippen LogP contribution in [0.4, 0.5) is 0 Å². The minimum absolute atomic E-state index is 0.00478. The van der Waals surface area contributed by atoms with Gasteiger partial charge in [0.15, 0.2) is 0 Å². The lowest BCUT2D eigenvalue weighted by molar-refractivity contribution is 0.0535. The molecule has 1 fully saturated rings. The van der Waals surface area contributed by atoms with Crippen LogP contribution in [0.2, 0.25) is 0 Å². The number of carbonyl (C=O) groups is 2. The molecule has 1 aliphatic rings. The highest BCUT2D eigenvalue weighted by Gasteiger charge is 2.25. The van der Waals surface area contributed by atoms with Gasteiger partial charge in [0.25, 0.3) is 11.8 Å². The van der Waals surface area contributed by atoms with Crippen LogP contribution in [0.25, 0.3) is 0 Å². The molecule has 0 bridgehead atoms. The summed E-state index contributed by atoms with van der Waals surface area (Å²) in [4.78, 5) is 32.4. The number of nitrogens with zero attached hydrogens (tertiary/aromatic N) is 3. The van der Waals surface area contributed by atoms with E-state index in [2.05, 4.69) is 4.98 Å². The molecule has 0 aliphatic carbocycles. The molecule has 1 aromatic heterocycles. The number of piperazine rings is 1. The van der Waals surface area contributed by atoms with E-state index < -0.39 is 0 Å². The number of hydrogen-bond acceptors (Lipinski definition) is 3. The fraction of sp³-hybridized carbons (Fsp3) is 0.278. The van der Waals surface area contributed by atoms with Gasteiger partial charge in [0.05, 0.1) is 0 Å². The van der Waals surface area contributed by atoms with Crippen molar-refractivity contribution in [2.45, 2.75) is 6.92 Å². The van der Waals surface area contributed by atoms with Crippen molar-refractivity contribution in [1.82, 2.24) is 14.8 Å². The molecule has 1 saturated heterocycles. The number of aromatic nitrogens is 1. The van der Waals surface area contributed by atoms with Gasteiger partial charge >= 0.3 is 0 Å². The van der Waals surface area contributed by atoms with Gasteiger partial charge in [-0.3, -0.25) is 14.6 Å². The van der Waals surface area contributed by atoms with E-state index in [9.17, 15) is 9.59 Å². The molecular formula is C18H19N3O2. The molecule has 5 heteroatoms. The molecule has 0 radical (unpaired) electrons. The zero-order valence-corrected chi connectivity index (χ0v) is 13.1. The monoisotopic (exact) mass is 309 g/mol. The molecule has 2 amide bonds. The molecule has 1 aliphatic heterocycles. The maximum absolute atomic E-state index is 12.5. The van der Waals surface area contributed by atoms with Crippen LogP contribution in [0.5, 0.6) is 0 Å². The van der Waals surface area contributed by atoms with Gasteiger partial charge in [0, 0.05) is 49.7 Å². The quantitative estimate of drug-likeness (QED) is 0.852. The largest absolute Gasteiger partial charge is 0.335 e. The highest BCUT2D eigenvalue weighted by molar-refractivity contribution is 5.95. The van der Waals surface area contributed by atoms with E-state index in [0.29, 0.717) is 37.3 Å². The van der Waals surface area contributed by atoms with Crippen molar-refractivity contribution in [2.24, 2.45) is 0 Å². The Morgan fingerprint density at radius 1 is 0.783 bits per heavy atom. The predicted octanol–water partition coefficient (Wildman–Crippen LogP) is 1.99. The summed E-state index contributed by atoms with van der Waals surface area (Å²) in [5.41, 5.74) is 2.47. The van der Waals surface area contributed by atoms with E-state index in [1.165, 1.54) is 0 Å². The van der Waals surface area contributed by atoms with Crippen LogP contribution in [-0.4, -0.2) is 52.8 Å². The van der Waals surface area contributed by atoms with Gasteiger partial charge in [-0.1, -0.05) is 17.7 Å². The van der Waals surface area contributed by atoms with Crippen LogP contribution >= 0.6 is 0 Å². The lowest BCUT2D eigenvalue weighted by Crippen LogP contribution is -2.50. The molecular weight excluding hydrogens is 290 g/mol. The van der Waals surface area contributed by atoms with E-state index in [-0.39, 0.29) is 11.8 Å². The highest BCUT2D eigenvalue weighted by atomic mass is 16.2. The highest BCUT2D eigenvalue weighted by Crippen LogP contribution is 2.12. The summed E-state index contributed by atoms with van der Waals surface area (Å²) in [7, 11) is 0. The Morgan fingerprint density at radius 3 is 1.70 bits per heavy atom. The summed E-state index contributed by atoms with van der Waals surface area (Å²) in [6.07, 6.45) is 3.23. The summed E-state index contributed by atoms with van der Waals surface area (Å²) >= 11 is 0. The Balaban J connectivity index is 1.61. The van der Waals surface area contributed by atoms with Crippen molar-refractivity contribution in [3.05, 3.63) is 65.5 Å². The maximum Gasteiger partial charge on any atom is 0.254 e. The topological polar surface area (TPSA) is 53.5 Å². The molecule has 0 spiro atoms. The van der Waals surface area contributed by atoms with Gasteiger partial charge in [-0.15, -0.1) is 0 Å². The maximum atomic E-state index is 12.5. The second-order valence-electron chi connectivity index (χ2n) is 5.69. The van der Waals surface area contributed by atoms with Crippen molar-refractivity contribution in [1.29, 1.82) is 0 Å². The molecule has 0 N–H and O–H groups in total. The van der Waals surface area contributed by atoms with Crippen molar-refractivity contribution in [3.8, 4) is 0 Å². The number of aryl methyl sites for hydroxylation is 1. The smallest absolute Gasteiger partial charge is 0.254 e. The first-order chi connectivity index (χ1) is 11.1. The van der Waals surface area contributed by atoms with Crippen LogP contribution in [0, 0.1) is 6.92 Å². The number of benzene rings is 1. The summed E-state index contributed by atoms with van der Waals surface area (Å²) in [5, 5.41) is 0. The van der Waals surface area contributed by atoms with Gasteiger partial charge in [-0.25, -0.2) is 0 Å². The fourth-order valence-corrected chi connectivity index (χ4v) is 2.67. The second-order valence-corrected chi connectivity index (χ2v) is 5.69. The first kappa shape index (κ1) is 15.2. The minimum Gasteiger partial charge on any atom is -0.335 e. The summed E-state index contributed by atoms with van der Waals surface area (Å²) < 4.78 is 0. The summed E-state index contributed by atoms with van der Waals surface area (Å²) in [6, 6.07) is 11.0. The van der Waals surface area contributed by atoms with E-state index in [1.807, 2.05) is 31.2 Å². The van der Waals surface area contributed by atoms with Crippen molar-refractivity contribution in [3.63, 3.8) is 0 Å². The van der Waals surface area contributed by atoms with Gasteiger partial charge in [-0.2, -0.15) is 0 Å². The standard InChI is InChI=1S/C18H19N3O2/c1-14-2-4-15(5-3-14)17(22)20-10-12-21(13-11-20)18(23)16-6-8-19-9-7-16/h2-9H,10-13H2,1H3. The second kappa shape index (κ2) is 6.60. The molecule has 2 heterocycles. The van der Waals surface area contributed by atoms with Crippen LogP contribution < -0.4 is 0 Å². The molecule has 5 nitrogen and oxygen atoms in total. The Hall–Kier alpha value is -2.69. The average molecular weight is 309 g/mol. The zero-order valence-electron chi connectivity index (χ0n) is 13.1. The number of hydrogen-bond donors (Lipinski definition) is 0. The van der Waals surface area contributed by atoms with E-state index >= 15 is 0 Å². The Bertz CT molecular complexity index is 690. The van der Waals surface area contributed by atoms with E-state index in [0.717, 1.165) is 5.56 Å². The number of rotatable bonds is 2. The molecule has 3 rings (SSSR count). The van der Waals surface area contributed by atoms with E-state index in [1.54, 1.807) is 34.3 Å². The summed E-state index contributed by atoms with van der Waals surface area (Å²) in [6.45, 7) is 4.22. The number of amides is 2. The molecule has 2 aromatic rings. The number of carbonyl (C=O) groups excluding carboxylic acids is 2. The first-order valence-electron chi connectivity index (χ1n) is 7.70. The normalized spacial score (nSPS) is 14.7. The molecule has 0 atom stereocenters. The fourth-order valence-electron chi connectivity index (χ4n) is 2.67. The Morgan fingerprint density at radius 2 is 1.22 bits per heavy atom. The Labute approximate surface area is 135 Å². The number of pyridine rings is 1. The van der Waals surface area contributed by atoms with E-state index in [4.69, 9.17) is 0 Å². The third-order valence-electron chi connectivity index (χ3n) is 4.08. The van der Waals surface area contributed by atoms with Gasteiger partial charge in [0.1, 0.15) is 0 Å². The van der Waals surface area contributed by atoms with Crippen LogP contribution in [0.1, 0.15) is 26.3 Å². The van der Waals surface area contributed by atoms with Gasteiger partial charge < -0.3 is 9.80 Å². The van der Waals surface area contributed by atoms with Gasteiger partial charge in [0.2, 0.25) is 0 Å². The van der Waals surface area contributed by atoms with Crippen LogP contribution in [-0.2, 0) is 0 Å². The molecule has 23 heavy (non-hydrogen) atoms. The molecule has 0 saturated carbocycles. The van der Waals surface area contributed by atoms with Gasteiger partial charge in [-0.05, 0) is 31.2 Å². The summed E-state index contributed by atoms with van der Waals surface area (Å²) in [5.74, 6) is 0.0239. The SMILES string of the molecule is Cc1ccc(C(=O)N2CCN(C(=O)c3ccncc3)CC2)cc1. The lowest BCUT2D eigenvalue weighted by Gasteiger charge is -2.34. The Kier molecular flexibility index (Phi) is 4.37. The minimum atomic E-state index is -0.00478. The molecule has 0 unspecified atom stereocenters. The van der Waals surface area contributed by atoms with Crippen LogP contribution in [0.3, 0.4) is 0 Å². The van der Waals surface area contributed by atoms with Crippen molar-refractivity contribution >= 4 is 11.8 Å². The molecule has 1 aromatic carbocycles. The first-order valence-corrected chi connectivity index (χ1v) is 7.70. The lowest BCUT2D eigenvalue weighted by atomic mass is 10.1. The van der Waals surface area contributed by atoms with Crippen LogP contribution in [0.15, 0.2) is 48.8 Å². The third kappa shape index (κ3) is 3.39. The zero-order chi connectivity index (χ0) is 16.2.